The number of nitrogens with one attached hydrogen (secondary N) is 1. The van der Waals surface area contributed by atoms with Crippen molar-refractivity contribution < 1.29 is 14.3 Å². The molecule has 0 bridgehead atoms. The third kappa shape index (κ3) is 5.30. The Labute approximate surface area is 196 Å². The van der Waals surface area contributed by atoms with Gasteiger partial charge in [0.2, 0.25) is 5.91 Å². The molecule has 5 nitrogen and oxygen atoms in total. The van der Waals surface area contributed by atoms with E-state index in [1.165, 1.54) is 17.4 Å². The van der Waals surface area contributed by atoms with E-state index < -0.39 is 0 Å². The van der Waals surface area contributed by atoms with E-state index in [0.29, 0.717) is 16.6 Å². The van der Waals surface area contributed by atoms with Gasteiger partial charge in [-0.1, -0.05) is 35.0 Å². The second-order valence-electron chi connectivity index (χ2n) is 6.21. The second-order valence-corrected chi connectivity index (χ2v) is 9.07. The molecule has 8 heteroatoms. The van der Waals surface area contributed by atoms with Gasteiger partial charge in [-0.05, 0) is 58.3 Å². The first-order valence-corrected chi connectivity index (χ1v) is 11.5. The first-order chi connectivity index (χ1) is 14.4. The van der Waals surface area contributed by atoms with E-state index in [2.05, 4.69) is 49.1 Å². The third-order valence-corrected chi connectivity index (χ3v) is 6.48. The highest BCUT2D eigenvalue weighted by atomic mass is 79.9. The Morgan fingerprint density at radius 3 is 2.53 bits per heavy atom. The summed E-state index contributed by atoms with van der Waals surface area (Å²) in [6.45, 7) is 2.08. The van der Waals surface area contributed by atoms with E-state index in [4.69, 9.17) is 9.47 Å². The van der Waals surface area contributed by atoms with Crippen LogP contribution < -0.4 is 14.8 Å². The number of halogens is 2. The van der Waals surface area contributed by atoms with Crippen LogP contribution in [0.15, 0.2) is 51.4 Å². The summed E-state index contributed by atoms with van der Waals surface area (Å²) in [4.78, 5) is 18.2. The van der Waals surface area contributed by atoms with E-state index in [1.807, 2.05) is 30.3 Å². The van der Waals surface area contributed by atoms with Crippen molar-refractivity contribution in [2.75, 3.05) is 19.5 Å². The zero-order valence-corrected chi connectivity index (χ0v) is 20.7. The van der Waals surface area contributed by atoms with Crippen LogP contribution in [0.3, 0.4) is 0 Å². The number of ether oxygens (including phenoxy) is 2. The van der Waals surface area contributed by atoms with Crippen LogP contribution >= 0.6 is 43.2 Å². The smallest absolute Gasteiger partial charge is 0.250 e. The van der Waals surface area contributed by atoms with Crippen molar-refractivity contribution >= 4 is 60.3 Å². The molecule has 0 spiro atoms. The van der Waals surface area contributed by atoms with Gasteiger partial charge < -0.3 is 9.47 Å². The number of nitrogens with zero attached hydrogens (tertiary/aromatic N) is 1. The lowest BCUT2D eigenvalue weighted by Crippen LogP contribution is -2.07. The number of aromatic nitrogens is 1. The number of methoxy groups -OCH3 is 2. The van der Waals surface area contributed by atoms with Gasteiger partial charge >= 0.3 is 0 Å². The van der Waals surface area contributed by atoms with Gasteiger partial charge in [-0.3, -0.25) is 10.1 Å². The average Bonchev–Trinajstić information content (AvgIpc) is 3.15. The fraction of sp³-hybridized carbons (Fsp3) is 0.182. The molecule has 0 saturated carbocycles. The average molecular weight is 552 g/mol. The maximum Gasteiger partial charge on any atom is 0.250 e. The lowest BCUT2D eigenvalue weighted by Gasteiger charge is -2.10. The molecule has 0 radical (unpaired) electrons. The molecule has 0 fully saturated rings. The summed E-state index contributed by atoms with van der Waals surface area (Å²) >= 11 is 8.39. The quantitative estimate of drug-likeness (QED) is 0.337. The molecule has 2 aromatic carbocycles. The summed E-state index contributed by atoms with van der Waals surface area (Å²) < 4.78 is 12.4. The summed E-state index contributed by atoms with van der Waals surface area (Å²) in [6, 6.07) is 11.6. The number of aryl methyl sites for hydroxylation is 1. The largest absolute Gasteiger partial charge is 0.493 e. The Kier molecular flexibility index (Phi) is 7.69. The van der Waals surface area contributed by atoms with Crippen LogP contribution in [0.2, 0.25) is 0 Å². The molecule has 0 atom stereocenters. The Bertz CT molecular complexity index is 1080. The van der Waals surface area contributed by atoms with Gasteiger partial charge in [-0.2, -0.15) is 0 Å². The summed E-state index contributed by atoms with van der Waals surface area (Å²) in [5.41, 5.74) is 2.73. The van der Waals surface area contributed by atoms with Crippen LogP contribution in [0.5, 0.6) is 11.5 Å². The SMILES string of the molecule is CCc1sc(NC(=O)/C=C/c2cc(Br)c(OC)c(OC)c2)nc1-c1ccc(Br)cc1. The highest BCUT2D eigenvalue weighted by molar-refractivity contribution is 9.10. The van der Waals surface area contributed by atoms with Gasteiger partial charge in [0.1, 0.15) is 0 Å². The topological polar surface area (TPSA) is 60.5 Å². The molecule has 0 saturated heterocycles. The van der Waals surface area contributed by atoms with Gasteiger partial charge in [0, 0.05) is 21.0 Å². The number of benzene rings is 2. The van der Waals surface area contributed by atoms with Crippen LogP contribution in [-0.4, -0.2) is 25.1 Å². The molecule has 3 rings (SSSR count). The molecule has 1 heterocycles. The number of carbonyl (C=O) groups excluding carboxylic acids is 1. The molecule has 30 heavy (non-hydrogen) atoms. The van der Waals surface area contributed by atoms with E-state index in [-0.39, 0.29) is 5.91 Å². The van der Waals surface area contributed by atoms with Crippen molar-refractivity contribution in [2.24, 2.45) is 0 Å². The zero-order valence-electron chi connectivity index (χ0n) is 16.7. The fourth-order valence-electron chi connectivity index (χ4n) is 2.83. The van der Waals surface area contributed by atoms with Crippen molar-refractivity contribution in [1.29, 1.82) is 0 Å². The number of rotatable bonds is 7. The summed E-state index contributed by atoms with van der Waals surface area (Å²) in [5.74, 6) is 0.938. The highest BCUT2D eigenvalue weighted by Crippen LogP contribution is 2.36. The predicted molar refractivity (Wildman–Crippen MR) is 130 cm³/mol. The van der Waals surface area contributed by atoms with Crippen molar-refractivity contribution in [3.8, 4) is 22.8 Å². The van der Waals surface area contributed by atoms with E-state index in [9.17, 15) is 4.79 Å². The van der Waals surface area contributed by atoms with Gasteiger partial charge in [0.15, 0.2) is 16.6 Å². The molecule has 3 aromatic rings. The lowest BCUT2D eigenvalue weighted by atomic mass is 10.1. The normalized spacial score (nSPS) is 11.0. The van der Waals surface area contributed by atoms with Crippen molar-refractivity contribution in [2.45, 2.75) is 13.3 Å². The Morgan fingerprint density at radius 2 is 1.90 bits per heavy atom. The Morgan fingerprint density at radius 1 is 1.17 bits per heavy atom. The fourth-order valence-corrected chi connectivity index (χ4v) is 4.64. The molecule has 1 aromatic heterocycles. The number of carbonyl (C=O) groups is 1. The molecular formula is C22H20Br2N2O3S. The molecule has 0 unspecified atom stereocenters. The lowest BCUT2D eigenvalue weighted by molar-refractivity contribution is -0.111. The van der Waals surface area contributed by atoms with Crippen LogP contribution in [0.25, 0.3) is 17.3 Å². The van der Waals surface area contributed by atoms with Crippen LogP contribution in [0, 0.1) is 0 Å². The molecule has 0 aliphatic rings. The van der Waals surface area contributed by atoms with Crippen LogP contribution in [-0.2, 0) is 11.2 Å². The first kappa shape index (κ1) is 22.5. The van der Waals surface area contributed by atoms with E-state index in [1.54, 1.807) is 26.4 Å². The first-order valence-electron chi connectivity index (χ1n) is 9.11. The molecule has 0 aliphatic carbocycles. The van der Waals surface area contributed by atoms with Gasteiger partial charge in [-0.15, -0.1) is 11.3 Å². The summed E-state index contributed by atoms with van der Waals surface area (Å²) in [7, 11) is 3.15. The number of amides is 1. The number of hydrogen-bond donors (Lipinski definition) is 1. The van der Waals surface area contributed by atoms with Crippen LogP contribution in [0.4, 0.5) is 5.13 Å². The Balaban J connectivity index is 1.77. The molecule has 1 N–H and O–H groups in total. The maximum atomic E-state index is 12.4. The zero-order chi connectivity index (χ0) is 21.7. The summed E-state index contributed by atoms with van der Waals surface area (Å²) in [6.07, 6.45) is 4.03. The van der Waals surface area contributed by atoms with Crippen LogP contribution in [0.1, 0.15) is 17.4 Å². The van der Waals surface area contributed by atoms with Crippen molar-refractivity contribution in [3.63, 3.8) is 0 Å². The third-order valence-electron chi connectivity index (χ3n) is 4.25. The maximum absolute atomic E-state index is 12.4. The number of anilines is 1. The highest BCUT2D eigenvalue weighted by Gasteiger charge is 2.13. The van der Waals surface area contributed by atoms with Gasteiger partial charge in [0.05, 0.1) is 24.4 Å². The van der Waals surface area contributed by atoms with E-state index >= 15 is 0 Å². The molecule has 156 valence electrons. The Hall–Kier alpha value is -2.16. The number of hydrogen-bond acceptors (Lipinski definition) is 5. The van der Waals surface area contributed by atoms with Crippen molar-refractivity contribution in [1.82, 2.24) is 4.98 Å². The van der Waals surface area contributed by atoms with Gasteiger partial charge in [0.25, 0.3) is 0 Å². The molecular weight excluding hydrogens is 532 g/mol. The van der Waals surface area contributed by atoms with Gasteiger partial charge in [-0.25, -0.2) is 4.98 Å². The second kappa shape index (κ2) is 10.2. The molecule has 0 aliphatic heterocycles. The standard InChI is InChI=1S/C22H20Br2N2O3S/c1-4-18-20(14-6-8-15(23)9-7-14)26-22(30-18)25-19(27)10-5-13-11-16(24)21(29-3)17(12-13)28-2/h5-12H,4H2,1-3H3,(H,25,26,27)/b10-5+. The minimum atomic E-state index is -0.250. The van der Waals surface area contributed by atoms with E-state index in [0.717, 1.165) is 37.1 Å². The minimum absolute atomic E-state index is 0.250. The van der Waals surface area contributed by atoms with Crippen molar-refractivity contribution in [3.05, 3.63) is 61.9 Å². The summed E-state index contributed by atoms with van der Waals surface area (Å²) in [5, 5.41) is 3.44. The minimum Gasteiger partial charge on any atom is -0.493 e. The number of thiazole rings is 1. The molecule has 1 amide bonds. The predicted octanol–water partition coefficient (Wildman–Crippen LogP) is 6.57. The monoisotopic (exact) mass is 550 g/mol.